The van der Waals surface area contributed by atoms with Crippen LogP contribution < -0.4 is 14.2 Å². The fourth-order valence-corrected chi connectivity index (χ4v) is 2.80. The van der Waals surface area contributed by atoms with E-state index < -0.39 is 10.0 Å². The average molecular weight is 271 g/mol. The molecule has 0 bridgehead atoms. The van der Waals surface area contributed by atoms with E-state index in [2.05, 4.69) is 4.72 Å². The van der Waals surface area contributed by atoms with Gasteiger partial charge < -0.3 is 9.47 Å². The SMILES string of the molecule is CCCS(=O)(=O)NCc1ccc2c(c1)OCCO2. The molecule has 0 amide bonds. The van der Waals surface area contributed by atoms with Crippen molar-refractivity contribution in [3.8, 4) is 11.5 Å². The third-order valence-corrected chi connectivity index (χ3v) is 4.11. The third-order valence-electron chi connectivity index (χ3n) is 2.58. The van der Waals surface area contributed by atoms with E-state index in [1.807, 2.05) is 19.1 Å². The summed E-state index contributed by atoms with van der Waals surface area (Å²) in [5.74, 6) is 1.53. The summed E-state index contributed by atoms with van der Waals surface area (Å²) in [4.78, 5) is 0. The normalized spacial score (nSPS) is 14.5. The summed E-state index contributed by atoms with van der Waals surface area (Å²) in [6.07, 6.45) is 0.608. The molecule has 0 spiro atoms. The standard InChI is InChI=1S/C12H17NO4S/c1-2-7-18(14,15)13-9-10-3-4-11-12(8-10)17-6-5-16-11/h3-4,8,13H,2,5-7,9H2,1H3. The molecular weight excluding hydrogens is 254 g/mol. The van der Waals surface area contributed by atoms with Crippen LogP contribution in [-0.4, -0.2) is 27.4 Å². The second-order valence-corrected chi connectivity index (χ2v) is 6.04. The lowest BCUT2D eigenvalue weighted by Crippen LogP contribution is -2.25. The Morgan fingerprint density at radius 3 is 2.67 bits per heavy atom. The van der Waals surface area contributed by atoms with Gasteiger partial charge in [-0.15, -0.1) is 0 Å². The smallest absolute Gasteiger partial charge is 0.211 e. The highest BCUT2D eigenvalue weighted by Gasteiger charge is 2.13. The van der Waals surface area contributed by atoms with Crippen LogP contribution in [0.25, 0.3) is 0 Å². The van der Waals surface area contributed by atoms with Gasteiger partial charge in [0.2, 0.25) is 10.0 Å². The molecule has 0 saturated carbocycles. The van der Waals surface area contributed by atoms with E-state index in [0.29, 0.717) is 31.1 Å². The minimum atomic E-state index is -3.17. The molecule has 1 aliphatic rings. The number of hydrogen-bond donors (Lipinski definition) is 1. The van der Waals surface area contributed by atoms with Gasteiger partial charge in [0.25, 0.3) is 0 Å². The van der Waals surface area contributed by atoms with Crippen LogP contribution in [0.3, 0.4) is 0 Å². The first kappa shape index (κ1) is 13.2. The Balaban J connectivity index is 2.02. The minimum Gasteiger partial charge on any atom is -0.486 e. The average Bonchev–Trinajstić information content (AvgIpc) is 2.36. The molecular formula is C12H17NO4S. The fourth-order valence-electron chi connectivity index (χ4n) is 1.73. The number of sulfonamides is 1. The molecule has 0 radical (unpaired) electrons. The second-order valence-electron chi connectivity index (χ2n) is 4.12. The maximum Gasteiger partial charge on any atom is 0.211 e. The van der Waals surface area contributed by atoms with Gasteiger partial charge in [-0.3, -0.25) is 0 Å². The van der Waals surface area contributed by atoms with Crippen molar-refractivity contribution in [2.45, 2.75) is 19.9 Å². The lowest BCUT2D eigenvalue weighted by atomic mass is 10.2. The second kappa shape index (κ2) is 5.58. The predicted octanol–water partition coefficient (Wildman–Crippen LogP) is 1.29. The van der Waals surface area contributed by atoms with E-state index in [1.165, 1.54) is 0 Å². The molecule has 1 N–H and O–H groups in total. The van der Waals surface area contributed by atoms with Crippen molar-refractivity contribution in [1.82, 2.24) is 4.72 Å². The summed E-state index contributed by atoms with van der Waals surface area (Å²) < 4.78 is 36.5. The lowest BCUT2D eigenvalue weighted by Gasteiger charge is -2.18. The minimum absolute atomic E-state index is 0.150. The Kier molecular flexibility index (Phi) is 4.08. The van der Waals surface area contributed by atoms with Gasteiger partial charge in [-0.2, -0.15) is 0 Å². The number of hydrogen-bond acceptors (Lipinski definition) is 4. The molecule has 0 fully saturated rings. The Morgan fingerprint density at radius 2 is 1.94 bits per heavy atom. The molecule has 0 saturated heterocycles. The highest BCUT2D eigenvalue weighted by Crippen LogP contribution is 2.30. The number of rotatable bonds is 5. The third kappa shape index (κ3) is 3.36. The molecule has 1 heterocycles. The van der Waals surface area contributed by atoms with Crippen molar-refractivity contribution >= 4 is 10.0 Å². The Morgan fingerprint density at radius 1 is 1.22 bits per heavy atom. The Bertz CT molecular complexity index is 513. The van der Waals surface area contributed by atoms with Crippen LogP contribution in [0.15, 0.2) is 18.2 Å². The first-order valence-electron chi connectivity index (χ1n) is 5.96. The largest absolute Gasteiger partial charge is 0.486 e. The molecule has 0 aliphatic carbocycles. The van der Waals surface area contributed by atoms with Crippen LogP contribution in [0.1, 0.15) is 18.9 Å². The lowest BCUT2D eigenvalue weighted by molar-refractivity contribution is 0.171. The molecule has 18 heavy (non-hydrogen) atoms. The first-order valence-corrected chi connectivity index (χ1v) is 7.62. The zero-order chi connectivity index (χ0) is 13.0. The Hall–Kier alpha value is -1.27. The van der Waals surface area contributed by atoms with E-state index >= 15 is 0 Å². The van der Waals surface area contributed by atoms with Crippen LogP contribution in [0, 0.1) is 0 Å². The highest BCUT2D eigenvalue weighted by molar-refractivity contribution is 7.89. The van der Waals surface area contributed by atoms with E-state index in [-0.39, 0.29) is 12.3 Å². The zero-order valence-corrected chi connectivity index (χ0v) is 11.1. The van der Waals surface area contributed by atoms with Crippen molar-refractivity contribution < 1.29 is 17.9 Å². The first-order chi connectivity index (χ1) is 8.61. The van der Waals surface area contributed by atoms with Crippen molar-refractivity contribution in [3.05, 3.63) is 23.8 Å². The molecule has 5 nitrogen and oxygen atoms in total. The summed E-state index contributed by atoms with van der Waals surface area (Å²) in [5.41, 5.74) is 0.860. The van der Waals surface area contributed by atoms with E-state index in [4.69, 9.17) is 9.47 Å². The number of benzene rings is 1. The number of fused-ring (bicyclic) bond motifs is 1. The zero-order valence-electron chi connectivity index (χ0n) is 10.3. The molecule has 1 aliphatic heterocycles. The van der Waals surface area contributed by atoms with Gasteiger partial charge in [-0.25, -0.2) is 13.1 Å². The van der Waals surface area contributed by atoms with E-state index in [9.17, 15) is 8.42 Å². The maximum atomic E-state index is 11.5. The molecule has 2 rings (SSSR count). The summed E-state index contributed by atoms with van der Waals surface area (Å²) in [6.45, 7) is 3.19. The molecule has 0 aromatic heterocycles. The van der Waals surface area contributed by atoms with Gasteiger partial charge in [-0.05, 0) is 24.1 Å². The topological polar surface area (TPSA) is 64.6 Å². The quantitative estimate of drug-likeness (QED) is 0.876. The van der Waals surface area contributed by atoms with Crippen molar-refractivity contribution in [2.24, 2.45) is 0 Å². The molecule has 0 atom stereocenters. The Labute approximate surface area is 107 Å². The van der Waals surface area contributed by atoms with Gasteiger partial charge in [-0.1, -0.05) is 13.0 Å². The summed E-state index contributed by atoms with van der Waals surface area (Å²) in [5, 5.41) is 0. The van der Waals surface area contributed by atoms with E-state index in [1.54, 1.807) is 6.07 Å². The van der Waals surface area contributed by atoms with Crippen LogP contribution in [0.2, 0.25) is 0 Å². The van der Waals surface area contributed by atoms with Crippen LogP contribution in [0.4, 0.5) is 0 Å². The van der Waals surface area contributed by atoms with Crippen LogP contribution in [0.5, 0.6) is 11.5 Å². The predicted molar refractivity (Wildman–Crippen MR) is 68.3 cm³/mol. The molecule has 1 aromatic carbocycles. The van der Waals surface area contributed by atoms with Crippen molar-refractivity contribution in [2.75, 3.05) is 19.0 Å². The summed E-state index contributed by atoms with van der Waals surface area (Å²) in [7, 11) is -3.17. The van der Waals surface area contributed by atoms with Gasteiger partial charge in [0.05, 0.1) is 5.75 Å². The van der Waals surface area contributed by atoms with Crippen LogP contribution in [-0.2, 0) is 16.6 Å². The van der Waals surface area contributed by atoms with Crippen LogP contribution >= 0.6 is 0 Å². The van der Waals surface area contributed by atoms with E-state index in [0.717, 1.165) is 5.56 Å². The van der Waals surface area contributed by atoms with Gasteiger partial charge in [0.15, 0.2) is 11.5 Å². The molecule has 100 valence electrons. The van der Waals surface area contributed by atoms with Crippen molar-refractivity contribution in [1.29, 1.82) is 0 Å². The summed E-state index contributed by atoms with van der Waals surface area (Å²) >= 11 is 0. The monoisotopic (exact) mass is 271 g/mol. The molecule has 6 heteroatoms. The van der Waals surface area contributed by atoms with Gasteiger partial charge in [0.1, 0.15) is 13.2 Å². The number of nitrogens with one attached hydrogen (secondary N) is 1. The maximum absolute atomic E-state index is 11.5. The van der Waals surface area contributed by atoms with Crippen molar-refractivity contribution in [3.63, 3.8) is 0 Å². The molecule has 0 unspecified atom stereocenters. The van der Waals surface area contributed by atoms with Gasteiger partial charge >= 0.3 is 0 Å². The highest BCUT2D eigenvalue weighted by atomic mass is 32.2. The summed E-state index contributed by atoms with van der Waals surface area (Å²) in [6, 6.07) is 5.45. The number of ether oxygens (including phenoxy) is 2. The fraction of sp³-hybridized carbons (Fsp3) is 0.500. The van der Waals surface area contributed by atoms with Gasteiger partial charge in [0, 0.05) is 6.54 Å². The molecule has 1 aromatic rings.